The zero-order chi connectivity index (χ0) is 10.2. The molecule has 0 radical (unpaired) electrons. The molecule has 76 valence electrons. The van der Waals surface area contributed by atoms with Gasteiger partial charge >= 0.3 is 0 Å². The van der Waals surface area contributed by atoms with E-state index in [-0.39, 0.29) is 0 Å². The largest absolute Gasteiger partial charge is 0.367 e. The Morgan fingerprint density at radius 2 is 2.21 bits per heavy atom. The average Bonchev–Trinajstić information content (AvgIpc) is 2.85. The quantitative estimate of drug-likeness (QED) is 0.748. The Bertz CT molecular complexity index is 334. The summed E-state index contributed by atoms with van der Waals surface area (Å²) in [7, 11) is 0. The molecular formula is C11H15FN2. The van der Waals surface area contributed by atoms with E-state index in [4.69, 9.17) is 0 Å². The lowest BCUT2D eigenvalue weighted by molar-refractivity contribution is 0.490. The molecule has 1 saturated carbocycles. The fraction of sp³-hybridized carbons (Fsp3) is 0.545. The fourth-order valence-corrected chi connectivity index (χ4v) is 1.51. The minimum absolute atomic E-state index is 0.358. The Morgan fingerprint density at radius 1 is 1.50 bits per heavy atom. The van der Waals surface area contributed by atoms with Gasteiger partial charge in [0.05, 0.1) is 0 Å². The van der Waals surface area contributed by atoms with Crippen molar-refractivity contribution in [3.63, 3.8) is 0 Å². The highest BCUT2D eigenvalue weighted by molar-refractivity contribution is 5.35. The van der Waals surface area contributed by atoms with Crippen LogP contribution in [0.5, 0.6) is 0 Å². The molecule has 2 nitrogen and oxygen atoms in total. The van der Waals surface area contributed by atoms with E-state index in [9.17, 15) is 4.39 Å². The van der Waals surface area contributed by atoms with E-state index in [1.54, 1.807) is 12.1 Å². The first-order valence-corrected chi connectivity index (χ1v) is 4.99. The number of nitrogens with zero attached hydrogens (tertiary/aromatic N) is 1. The Balaban J connectivity index is 2.03. The van der Waals surface area contributed by atoms with Crippen LogP contribution in [0, 0.1) is 11.4 Å². The summed E-state index contributed by atoms with van der Waals surface area (Å²) in [5.41, 5.74) is 0.383. The molecule has 3 heteroatoms. The van der Waals surface area contributed by atoms with Crippen LogP contribution in [0.25, 0.3) is 0 Å². The Kier molecular flexibility index (Phi) is 2.17. The second-order valence-corrected chi connectivity index (χ2v) is 4.37. The van der Waals surface area contributed by atoms with Crippen molar-refractivity contribution in [1.29, 1.82) is 0 Å². The predicted octanol–water partition coefficient (Wildman–Crippen LogP) is 2.82. The van der Waals surface area contributed by atoms with Crippen LogP contribution in [-0.4, -0.2) is 11.0 Å². The summed E-state index contributed by atoms with van der Waals surface area (Å²) in [5.74, 6) is 0.203. The maximum absolute atomic E-state index is 12.8. The molecule has 1 unspecified atom stereocenters. The lowest BCUT2D eigenvalue weighted by atomic mass is 10.0. The molecule has 1 aliphatic carbocycles. The van der Waals surface area contributed by atoms with Crippen molar-refractivity contribution >= 4 is 5.82 Å². The van der Waals surface area contributed by atoms with Gasteiger partial charge in [0.15, 0.2) is 0 Å². The lowest BCUT2D eigenvalue weighted by Gasteiger charge is -2.20. The van der Waals surface area contributed by atoms with Gasteiger partial charge in [0.1, 0.15) is 5.82 Å². The van der Waals surface area contributed by atoms with Crippen molar-refractivity contribution in [1.82, 2.24) is 4.98 Å². The first kappa shape index (κ1) is 9.44. The highest BCUT2D eigenvalue weighted by Gasteiger charge is 2.42. The molecule has 0 bridgehead atoms. The molecule has 14 heavy (non-hydrogen) atoms. The third-order valence-electron chi connectivity index (χ3n) is 3.16. The number of aromatic nitrogens is 1. The lowest BCUT2D eigenvalue weighted by Crippen LogP contribution is -2.25. The van der Waals surface area contributed by atoms with Gasteiger partial charge in [-0.25, -0.2) is 4.98 Å². The number of rotatable bonds is 3. The Morgan fingerprint density at radius 3 is 2.79 bits per heavy atom. The van der Waals surface area contributed by atoms with Crippen molar-refractivity contribution < 1.29 is 4.39 Å². The minimum atomic E-state index is -0.428. The number of anilines is 1. The van der Waals surface area contributed by atoms with Gasteiger partial charge in [0.2, 0.25) is 5.95 Å². The van der Waals surface area contributed by atoms with E-state index in [0.29, 0.717) is 17.3 Å². The number of pyridine rings is 1. The first-order valence-electron chi connectivity index (χ1n) is 4.99. The SMILES string of the molecule is CC(Nc1cccc(F)n1)C1(C)CC1. The van der Waals surface area contributed by atoms with Crippen molar-refractivity contribution in [3.8, 4) is 0 Å². The van der Waals surface area contributed by atoms with Crippen LogP contribution in [0.2, 0.25) is 0 Å². The molecular weight excluding hydrogens is 179 g/mol. The smallest absolute Gasteiger partial charge is 0.214 e. The van der Waals surface area contributed by atoms with E-state index in [1.807, 2.05) is 0 Å². The summed E-state index contributed by atoms with van der Waals surface area (Å²) in [6, 6.07) is 5.18. The Hall–Kier alpha value is -1.12. The second kappa shape index (κ2) is 3.23. The molecule has 1 aromatic heterocycles. The second-order valence-electron chi connectivity index (χ2n) is 4.37. The van der Waals surface area contributed by atoms with Crippen LogP contribution in [0.15, 0.2) is 18.2 Å². The standard InChI is InChI=1S/C11H15FN2/c1-8(11(2)6-7-11)13-10-5-3-4-9(12)14-10/h3-5,8H,6-7H2,1-2H3,(H,13,14). The van der Waals surface area contributed by atoms with Crippen LogP contribution < -0.4 is 5.32 Å². The van der Waals surface area contributed by atoms with Crippen LogP contribution in [0.3, 0.4) is 0 Å². The van der Waals surface area contributed by atoms with Crippen LogP contribution in [0.4, 0.5) is 10.2 Å². The van der Waals surface area contributed by atoms with Gasteiger partial charge in [-0.2, -0.15) is 4.39 Å². The third kappa shape index (κ3) is 1.86. The summed E-state index contributed by atoms with van der Waals surface area (Å²) in [5, 5.41) is 3.23. The zero-order valence-corrected chi connectivity index (χ0v) is 8.55. The zero-order valence-electron chi connectivity index (χ0n) is 8.55. The molecule has 0 amide bonds. The molecule has 0 saturated heterocycles. The van der Waals surface area contributed by atoms with Crippen molar-refractivity contribution in [2.75, 3.05) is 5.32 Å². The topological polar surface area (TPSA) is 24.9 Å². The van der Waals surface area contributed by atoms with E-state index >= 15 is 0 Å². The average molecular weight is 194 g/mol. The molecule has 1 fully saturated rings. The molecule has 0 aliphatic heterocycles. The fourth-order valence-electron chi connectivity index (χ4n) is 1.51. The highest BCUT2D eigenvalue weighted by atomic mass is 19.1. The predicted molar refractivity (Wildman–Crippen MR) is 54.6 cm³/mol. The van der Waals surface area contributed by atoms with Crippen LogP contribution >= 0.6 is 0 Å². The number of nitrogens with one attached hydrogen (secondary N) is 1. The summed E-state index contributed by atoms with van der Waals surface area (Å²) in [4.78, 5) is 3.78. The van der Waals surface area contributed by atoms with Gasteiger partial charge in [0, 0.05) is 6.04 Å². The van der Waals surface area contributed by atoms with Crippen molar-refractivity contribution in [2.45, 2.75) is 32.7 Å². The highest BCUT2D eigenvalue weighted by Crippen LogP contribution is 2.48. The van der Waals surface area contributed by atoms with E-state index in [1.165, 1.54) is 18.9 Å². The van der Waals surface area contributed by atoms with E-state index in [0.717, 1.165) is 0 Å². The summed E-state index contributed by atoms with van der Waals surface area (Å²) in [6.07, 6.45) is 2.49. The molecule has 2 rings (SSSR count). The molecule has 0 spiro atoms. The number of hydrogen-bond donors (Lipinski definition) is 1. The molecule has 1 heterocycles. The Labute approximate surface area is 83.6 Å². The first-order chi connectivity index (χ1) is 6.60. The van der Waals surface area contributed by atoms with Gasteiger partial charge in [0.25, 0.3) is 0 Å². The molecule has 1 aromatic rings. The third-order valence-corrected chi connectivity index (χ3v) is 3.16. The molecule has 1 aliphatic rings. The normalized spacial score (nSPS) is 20.2. The van der Waals surface area contributed by atoms with Gasteiger partial charge in [-0.05, 0) is 37.3 Å². The van der Waals surface area contributed by atoms with Crippen molar-refractivity contribution in [3.05, 3.63) is 24.1 Å². The maximum Gasteiger partial charge on any atom is 0.214 e. The van der Waals surface area contributed by atoms with Crippen LogP contribution in [0.1, 0.15) is 26.7 Å². The number of hydrogen-bond acceptors (Lipinski definition) is 2. The minimum Gasteiger partial charge on any atom is -0.367 e. The molecule has 1 atom stereocenters. The van der Waals surface area contributed by atoms with E-state index < -0.39 is 5.95 Å². The summed E-state index contributed by atoms with van der Waals surface area (Å²) in [6.45, 7) is 4.36. The molecule has 0 aromatic carbocycles. The van der Waals surface area contributed by atoms with Crippen LogP contribution in [-0.2, 0) is 0 Å². The molecule has 1 N–H and O–H groups in total. The van der Waals surface area contributed by atoms with Crippen molar-refractivity contribution in [2.24, 2.45) is 5.41 Å². The summed E-state index contributed by atoms with van der Waals surface area (Å²) >= 11 is 0. The summed E-state index contributed by atoms with van der Waals surface area (Å²) < 4.78 is 12.8. The monoisotopic (exact) mass is 194 g/mol. The van der Waals surface area contributed by atoms with E-state index in [2.05, 4.69) is 24.1 Å². The van der Waals surface area contributed by atoms with Gasteiger partial charge in [-0.1, -0.05) is 13.0 Å². The van der Waals surface area contributed by atoms with Gasteiger partial charge in [-0.15, -0.1) is 0 Å². The van der Waals surface area contributed by atoms with Gasteiger partial charge in [-0.3, -0.25) is 0 Å². The maximum atomic E-state index is 12.8. The van der Waals surface area contributed by atoms with Gasteiger partial charge < -0.3 is 5.32 Å². The number of halogens is 1.